The quantitative estimate of drug-likeness (QED) is 0.804. The van der Waals surface area contributed by atoms with Crippen LogP contribution in [0.15, 0.2) is 48.5 Å². The number of ether oxygens (including phenoxy) is 1. The molecule has 0 fully saturated rings. The maximum atomic E-state index is 12.6. The molecule has 26 heavy (non-hydrogen) atoms. The molecule has 1 aliphatic heterocycles. The Bertz CT molecular complexity index is 884. The predicted octanol–water partition coefficient (Wildman–Crippen LogP) is 2.16. The van der Waals surface area contributed by atoms with Gasteiger partial charge in [-0.25, -0.2) is 8.42 Å². The summed E-state index contributed by atoms with van der Waals surface area (Å²) in [6.45, 7) is 0.485. The zero-order valence-electron chi connectivity index (χ0n) is 15.0. The van der Waals surface area contributed by atoms with Gasteiger partial charge in [0.1, 0.15) is 11.9 Å². The van der Waals surface area contributed by atoms with Gasteiger partial charge >= 0.3 is 0 Å². The molecule has 0 spiro atoms. The number of para-hydroxylation sites is 1. The lowest BCUT2D eigenvalue weighted by Crippen LogP contribution is -2.36. The van der Waals surface area contributed by atoms with Crippen molar-refractivity contribution in [3.05, 3.63) is 59.7 Å². The first kappa shape index (κ1) is 18.3. The zero-order valence-corrected chi connectivity index (χ0v) is 15.9. The first-order valence-corrected chi connectivity index (χ1v) is 10.1. The second-order valence-electron chi connectivity index (χ2n) is 6.51. The first-order chi connectivity index (χ1) is 12.3. The Balaban J connectivity index is 1.64. The topological polar surface area (TPSA) is 66.9 Å². The van der Waals surface area contributed by atoms with E-state index in [1.165, 1.54) is 11.4 Å². The smallest absolute Gasteiger partial charge is 0.253 e. The van der Waals surface area contributed by atoms with Crippen LogP contribution >= 0.6 is 0 Å². The van der Waals surface area contributed by atoms with Gasteiger partial charge in [-0.3, -0.25) is 9.10 Å². The van der Waals surface area contributed by atoms with Gasteiger partial charge in [0, 0.05) is 26.1 Å². The van der Waals surface area contributed by atoms with Crippen LogP contribution in [-0.4, -0.2) is 52.2 Å². The van der Waals surface area contributed by atoms with E-state index in [1.54, 1.807) is 36.2 Å². The summed E-state index contributed by atoms with van der Waals surface area (Å²) in [6.07, 6.45) is 1.86. The van der Waals surface area contributed by atoms with Crippen molar-refractivity contribution in [3.8, 4) is 5.75 Å². The van der Waals surface area contributed by atoms with E-state index in [0.29, 0.717) is 17.8 Å². The van der Waals surface area contributed by atoms with Crippen molar-refractivity contribution < 1.29 is 17.9 Å². The summed E-state index contributed by atoms with van der Waals surface area (Å²) in [6, 6.07) is 14.4. The maximum Gasteiger partial charge on any atom is 0.253 e. The monoisotopic (exact) mass is 374 g/mol. The number of likely N-dealkylation sites (N-methyl/N-ethyl adjacent to an activating group) is 1. The van der Waals surface area contributed by atoms with Crippen molar-refractivity contribution in [3.63, 3.8) is 0 Å². The molecular formula is C19H22N2O4S. The van der Waals surface area contributed by atoms with Crippen molar-refractivity contribution >= 4 is 21.6 Å². The van der Waals surface area contributed by atoms with Crippen molar-refractivity contribution in [2.75, 3.05) is 31.2 Å². The van der Waals surface area contributed by atoms with E-state index in [4.69, 9.17) is 4.74 Å². The van der Waals surface area contributed by atoms with Crippen LogP contribution in [0.4, 0.5) is 5.69 Å². The third-order valence-electron chi connectivity index (χ3n) is 4.51. The van der Waals surface area contributed by atoms with E-state index in [0.717, 1.165) is 24.0 Å². The molecule has 1 atom stereocenters. The van der Waals surface area contributed by atoms with Crippen LogP contribution in [0.25, 0.3) is 0 Å². The predicted molar refractivity (Wildman–Crippen MR) is 101 cm³/mol. The fourth-order valence-electron chi connectivity index (χ4n) is 2.97. The number of rotatable bonds is 5. The van der Waals surface area contributed by atoms with E-state index >= 15 is 0 Å². The number of hydrogen-bond acceptors (Lipinski definition) is 4. The molecule has 0 N–H and O–H groups in total. The summed E-state index contributed by atoms with van der Waals surface area (Å²) in [5.41, 5.74) is 2.18. The summed E-state index contributed by atoms with van der Waals surface area (Å²) in [4.78, 5) is 14.3. The minimum Gasteiger partial charge on any atom is -0.488 e. The molecule has 0 radical (unpaired) electrons. The van der Waals surface area contributed by atoms with Gasteiger partial charge in [-0.15, -0.1) is 0 Å². The van der Waals surface area contributed by atoms with Crippen LogP contribution in [0, 0.1) is 0 Å². The molecule has 138 valence electrons. The Kier molecular flexibility index (Phi) is 4.91. The summed E-state index contributed by atoms with van der Waals surface area (Å²) in [5, 5.41) is 0. The number of carbonyl (C=O) groups excluding carboxylic acids is 1. The average molecular weight is 374 g/mol. The fraction of sp³-hybridized carbons (Fsp3) is 0.316. The van der Waals surface area contributed by atoms with E-state index in [-0.39, 0.29) is 12.0 Å². The Morgan fingerprint density at radius 3 is 2.38 bits per heavy atom. The molecule has 1 amide bonds. The SMILES string of the molecule is CN(CC1Cc2ccccc2O1)C(=O)c1ccc(N(C)S(C)(=O)=O)cc1. The van der Waals surface area contributed by atoms with Crippen LogP contribution in [0.2, 0.25) is 0 Å². The highest BCUT2D eigenvalue weighted by molar-refractivity contribution is 7.92. The number of amides is 1. The highest BCUT2D eigenvalue weighted by Crippen LogP contribution is 2.28. The molecule has 1 unspecified atom stereocenters. The van der Waals surface area contributed by atoms with E-state index in [2.05, 4.69) is 0 Å². The van der Waals surface area contributed by atoms with E-state index in [9.17, 15) is 13.2 Å². The zero-order chi connectivity index (χ0) is 18.9. The van der Waals surface area contributed by atoms with Crippen LogP contribution < -0.4 is 9.04 Å². The summed E-state index contributed by atoms with van der Waals surface area (Å²) in [5.74, 6) is 0.754. The van der Waals surface area contributed by atoms with Gasteiger partial charge in [0.2, 0.25) is 10.0 Å². The molecule has 1 heterocycles. The molecule has 6 nitrogen and oxygen atoms in total. The Labute approximate surface area is 154 Å². The Morgan fingerprint density at radius 1 is 1.12 bits per heavy atom. The highest BCUT2D eigenvalue weighted by Gasteiger charge is 2.25. The van der Waals surface area contributed by atoms with Gasteiger partial charge in [-0.05, 0) is 35.9 Å². The second kappa shape index (κ2) is 6.99. The summed E-state index contributed by atoms with van der Waals surface area (Å²) < 4.78 is 30.2. The van der Waals surface area contributed by atoms with E-state index in [1.807, 2.05) is 24.3 Å². The minimum absolute atomic E-state index is 0.0583. The summed E-state index contributed by atoms with van der Waals surface area (Å²) in [7, 11) is -0.105. The van der Waals surface area contributed by atoms with Gasteiger partial charge in [-0.2, -0.15) is 0 Å². The fourth-order valence-corrected chi connectivity index (χ4v) is 3.47. The number of sulfonamides is 1. The molecule has 0 saturated heterocycles. The number of carbonyl (C=O) groups is 1. The van der Waals surface area contributed by atoms with Crippen molar-refractivity contribution in [1.82, 2.24) is 4.90 Å². The van der Waals surface area contributed by atoms with Crippen molar-refractivity contribution in [1.29, 1.82) is 0 Å². The lowest BCUT2D eigenvalue weighted by Gasteiger charge is -2.22. The molecule has 0 bridgehead atoms. The number of hydrogen-bond donors (Lipinski definition) is 0. The van der Waals surface area contributed by atoms with Gasteiger partial charge in [0.05, 0.1) is 18.5 Å². The van der Waals surface area contributed by atoms with Crippen molar-refractivity contribution in [2.45, 2.75) is 12.5 Å². The third-order valence-corrected chi connectivity index (χ3v) is 5.72. The van der Waals surface area contributed by atoms with Crippen LogP contribution in [0.5, 0.6) is 5.75 Å². The Hall–Kier alpha value is -2.54. The molecule has 7 heteroatoms. The minimum atomic E-state index is -3.33. The molecule has 0 aliphatic carbocycles. The van der Waals surface area contributed by atoms with Gasteiger partial charge in [-0.1, -0.05) is 18.2 Å². The van der Waals surface area contributed by atoms with E-state index < -0.39 is 10.0 Å². The first-order valence-electron chi connectivity index (χ1n) is 8.29. The number of benzene rings is 2. The maximum absolute atomic E-state index is 12.6. The lowest BCUT2D eigenvalue weighted by molar-refractivity contribution is 0.0730. The van der Waals surface area contributed by atoms with Crippen molar-refractivity contribution in [2.24, 2.45) is 0 Å². The van der Waals surface area contributed by atoms with Crippen LogP contribution in [0.1, 0.15) is 15.9 Å². The molecule has 1 aliphatic rings. The normalized spacial score (nSPS) is 15.9. The molecular weight excluding hydrogens is 352 g/mol. The average Bonchev–Trinajstić information content (AvgIpc) is 3.02. The molecule has 2 aromatic rings. The number of anilines is 1. The third kappa shape index (κ3) is 3.83. The molecule has 0 saturated carbocycles. The van der Waals surface area contributed by atoms with Crippen LogP contribution in [-0.2, 0) is 16.4 Å². The largest absolute Gasteiger partial charge is 0.488 e. The number of nitrogens with zero attached hydrogens (tertiary/aromatic N) is 2. The highest BCUT2D eigenvalue weighted by atomic mass is 32.2. The molecule has 0 aromatic heterocycles. The second-order valence-corrected chi connectivity index (χ2v) is 8.53. The lowest BCUT2D eigenvalue weighted by atomic mass is 10.1. The number of fused-ring (bicyclic) bond motifs is 1. The van der Waals surface area contributed by atoms with Gasteiger partial charge in [0.25, 0.3) is 5.91 Å². The van der Waals surface area contributed by atoms with Gasteiger partial charge in [0.15, 0.2) is 0 Å². The molecule has 3 rings (SSSR count). The Morgan fingerprint density at radius 2 is 1.77 bits per heavy atom. The van der Waals surface area contributed by atoms with Gasteiger partial charge < -0.3 is 9.64 Å². The standard InChI is InChI=1S/C19H22N2O4S/c1-20(13-17-12-15-6-4-5-7-18(15)25-17)19(22)14-8-10-16(11-9-14)21(2)26(3,23)24/h4-11,17H,12-13H2,1-3H3. The van der Waals surface area contributed by atoms with Crippen LogP contribution in [0.3, 0.4) is 0 Å². The summed E-state index contributed by atoms with van der Waals surface area (Å²) >= 11 is 0. The molecule has 2 aromatic carbocycles.